The summed E-state index contributed by atoms with van der Waals surface area (Å²) < 4.78 is 56.1. The first kappa shape index (κ1) is 24.5. The van der Waals surface area contributed by atoms with Crippen LogP contribution in [-0.2, 0) is 16.4 Å². The number of hydrogen-bond acceptors (Lipinski definition) is 6. The van der Waals surface area contributed by atoms with E-state index in [0.717, 1.165) is 23.3 Å². The van der Waals surface area contributed by atoms with Crippen molar-refractivity contribution in [2.75, 3.05) is 15.8 Å². The molecule has 0 saturated heterocycles. The van der Waals surface area contributed by atoms with Crippen LogP contribution in [-0.4, -0.2) is 40.1 Å². The normalized spacial score (nSPS) is 11.8. The number of aromatic nitrogens is 4. The molecular weight excluding hydrogens is 474 g/mol. The summed E-state index contributed by atoms with van der Waals surface area (Å²) in [6, 6.07) is 4.20. The first-order chi connectivity index (χ1) is 16.7. The Morgan fingerprint density at radius 2 is 1.77 bits per heavy atom. The lowest BCUT2D eigenvalue weighted by Gasteiger charge is -2.12. The minimum Gasteiger partial charge on any atom is -0.352 e. The van der Waals surface area contributed by atoms with E-state index < -0.39 is 21.7 Å². The molecule has 0 bridgehead atoms. The van der Waals surface area contributed by atoms with Crippen molar-refractivity contribution in [1.82, 2.24) is 19.9 Å². The van der Waals surface area contributed by atoms with E-state index in [9.17, 15) is 12.8 Å². The van der Waals surface area contributed by atoms with E-state index >= 15 is 4.39 Å². The first-order valence-electron chi connectivity index (χ1n) is 11.2. The summed E-state index contributed by atoms with van der Waals surface area (Å²) in [7, 11) is -3.72. The summed E-state index contributed by atoms with van der Waals surface area (Å²) in [5, 5.41) is 3.81. The standard InChI is InChI=1S/C24H26F2N6O2S/c1-4-7-35(33,34)32-21-6-5-20(25)19(22(21)26)9-16-11-28-23-18(16)8-15(10-27-23)17-12-29-24(30-13-17)31-14(2)3/h5-6,8,10-14,32H,4,7,9H2,1-3H3,(H,27,28)(H,29,30,31). The Labute approximate surface area is 202 Å². The minimum absolute atomic E-state index is 0.0973. The molecule has 0 aliphatic heterocycles. The van der Waals surface area contributed by atoms with Crippen molar-refractivity contribution >= 4 is 32.7 Å². The van der Waals surface area contributed by atoms with Gasteiger partial charge in [-0.1, -0.05) is 6.92 Å². The topological polar surface area (TPSA) is 113 Å². The zero-order chi connectivity index (χ0) is 25.2. The molecule has 0 unspecified atom stereocenters. The quantitative estimate of drug-likeness (QED) is 0.303. The van der Waals surface area contributed by atoms with Gasteiger partial charge < -0.3 is 10.3 Å². The summed E-state index contributed by atoms with van der Waals surface area (Å²) in [4.78, 5) is 16.1. The number of halogens is 2. The predicted molar refractivity (Wildman–Crippen MR) is 133 cm³/mol. The fourth-order valence-electron chi connectivity index (χ4n) is 3.69. The fraction of sp³-hybridized carbons (Fsp3) is 0.292. The fourth-order valence-corrected chi connectivity index (χ4v) is 4.82. The summed E-state index contributed by atoms with van der Waals surface area (Å²) in [6.45, 7) is 5.68. The van der Waals surface area contributed by atoms with Crippen LogP contribution in [0.15, 0.2) is 43.0 Å². The van der Waals surface area contributed by atoms with Crippen molar-refractivity contribution in [3.63, 3.8) is 0 Å². The van der Waals surface area contributed by atoms with Gasteiger partial charge in [0.15, 0.2) is 5.82 Å². The molecule has 0 aliphatic carbocycles. The van der Waals surface area contributed by atoms with E-state index in [1.165, 1.54) is 0 Å². The lowest BCUT2D eigenvalue weighted by Crippen LogP contribution is -2.17. The molecule has 0 aliphatic rings. The van der Waals surface area contributed by atoms with Crippen LogP contribution in [0.3, 0.4) is 0 Å². The van der Waals surface area contributed by atoms with E-state index in [1.54, 1.807) is 31.7 Å². The van der Waals surface area contributed by atoms with Gasteiger partial charge in [-0.15, -0.1) is 0 Å². The van der Waals surface area contributed by atoms with Crippen LogP contribution >= 0.6 is 0 Å². The molecule has 1 aromatic carbocycles. The van der Waals surface area contributed by atoms with Crippen molar-refractivity contribution in [2.45, 2.75) is 39.7 Å². The Bertz CT molecular complexity index is 1450. The molecule has 0 saturated carbocycles. The van der Waals surface area contributed by atoms with Crippen molar-refractivity contribution in [1.29, 1.82) is 0 Å². The third-order valence-electron chi connectivity index (χ3n) is 5.31. The average Bonchev–Trinajstić information content (AvgIpc) is 3.20. The third-order valence-corrected chi connectivity index (χ3v) is 6.79. The Balaban J connectivity index is 1.66. The average molecular weight is 501 g/mol. The molecule has 0 spiro atoms. The zero-order valence-electron chi connectivity index (χ0n) is 19.6. The Kier molecular flexibility index (Phi) is 6.97. The van der Waals surface area contributed by atoms with Crippen LogP contribution in [0.25, 0.3) is 22.2 Å². The van der Waals surface area contributed by atoms with Gasteiger partial charge in [-0.3, -0.25) is 4.72 Å². The summed E-state index contributed by atoms with van der Waals surface area (Å²) >= 11 is 0. The predicted octanol–water partition coefficient (Wildman–Crippen LogP) is 4.86. The van der Waals surface area contributed by atoms with Crippen LogP contribution in [0.5, 0.6) is 0 Å². The Morgan fingerprint density at radius 3 is 2.46 bits per heavy atom. The molecule has 3 aromatic heterocycles. The van der Waals surface area contributed by atoms with Gasteiger partial charge in [0.05, 0.1) is 11.4 Å². The van der Waals surface area contributed by atoms with Crippen molar-refractivity contribution < 1.29 is 17.2 Å². The second kappa shape index (κ2) is 9.95. The number of anilines is 2. The van der Waals surface area contributed by atoms with Gasteiger partial charge in [-0.2, -0.15) is 0 Å². The number of nitrogens with one attached hydrogen (secondary N) is 3. The Hall–Kier alpha value is -3.60. The van der Waals surface area contributed by atoms with Crippen molar-refractivity contribution in [3.8, 4) is 11.1 Å². The lowest BCUT2D eigenvalue weighted by atomic mass is 10.0. The highest BCUT2D eigenvalue weighted by Gasteiger charge is 2.19. The summed E-state index contributed by atoms with van der Waals surface area (Å²) in [5.74, 6) is -1.35. The number of nitrogens with zero attached hydrogens (tertiary/aromatic N) is 3. The van der Waals surface area contributed by atoms with E-state index in [-0.39, 0.29) is 29.5 Å². The maximum atomic E-state index is 15.2. The maximum Gasteiger partial charge on any atom is 0.232 e. The highest BCUT2D eigenvalue weighted by Crippen LogP contribution is 2.29. The molecule has 3 N–H and O–H groups in total. The molecule has 11 heteroatoms. The molecule has 35 heavy (non-hydrogen) atoms. The lowest BCUT2D eigenvalue weighted by molar-refractivity contribution is 0.563. The molecule has 4 aromatic rings. The van der Waals surface area contributed by atoms with Gasteiger partial charge in [-0.05, 0) is 44.0 Å². The van der Waals surface area contributed by atoms with Crippen LogP contribution < -0.4 is 10.0 Å². The molecule has 3 heterocycles. The highest BCUT2D eigenvalue weighted by molar-refractivity contribution is 7.92. The molecule has 8 nitrogen and oxygen atoms in total. The number of H-pyrrole nitrogens is 1. The largest absolute Gasteiger partial charge is 0.352 e. The summed E-state index contributed by atoms with van der Waals surface area (Å²) in [5.41, 5.74) is 2.14. The zero-order valence-corrected chi connectivity index (χ0v) is 20.4. The van der Waals surface area contributed by atoms with Gasteiger partial charge in [0.25, 0.3) is 0 Å². The summed E-state index contributed by atoms with van der Waals surface area (Å²) in [6.07, 6.45) is 6.94. The number of benzene rings is 1. The molecule has 0 atom stereocenters. The van der Waals surface area contributed by atoms with Gasteiger partial charge >= 0.3 is 0 Å². The Morgan fingerprint density at radius 1 is 1.06 bits per heavy atom. The number of fused-ring (bicyclic) bond motifs is 1. The minimum atomic E-state index is -3.72. The number of rotatable bonds is 9. The third kappa shape index (κ3) is 5.56. The monoisotopic (exact) mass is 500 g/mol. The van der Waals surface area contributed by atoms with Gasteiger partial charge in [-0.25, -0.2) is 32.2 Å². The van der Waals surface area contributed by atoms with Gasteiger partial charge in [0.2, 0.25) is 16.0 Å². The number of sulfonamides is 1. The maximum absolute atomic E-state index is 15.2. The van der Waals surface area contributed by atoms with E-state index in [2.05, 4.69) is 30.0 Å². The number of hydrogen-bond donors (Lipinski definition) is 3. The highest BCUT2D eigenvalue weighted by atomic mass is 32.2. The van der Waals surface area contributed by atoms with Gasteiger partial charge in [0.1, 0.15) is 11.5 Å². The first-order valence-corrected chi connectivity index (χ1v) is 12.8. The van der Waals surface area contributed by atoms with Crippen LogP contribution in [0, 0.1) is 11.6 Å². The molecule has 0 radical (unpaired) electrons. The molecule has 0 amide bonds. The van der Waals surface area contributed by atoms with Gasteiger partial charge in [0, 0.05) is 59.3 Å². The second-order valence-corrected chi connectivity index (χ2v) is 10.4. The molecular formula is C24H26F2N6O2S. The smallest absolute Gasteiger partial charge is 0.232 e. The van der Waals surface area contributed by atoms with E-state index in [4.69, 9.17) is 0 Å². The number of pyridine rings is 1. The van der Waals surface area contributed by atoms with E-state index in [0.29, 0.717) is 29.0 Å². The van der Waals surface area contributed by atoms with Crippen LogP contribution in [0.2, 0.25) is 0 Å². The van der Waals surface area contributed by atoms with Crippen molar-refractivity contribution in [3.05, 3.63) is 65.7 Å². The molecule has 184 valence electrons. The second-order valence-electron chi connectivity index (χ2n) is 8.51. The SMILES string of the molecule is CCCS(=O)(=O)Nc1ccc(F)c(Cc2c[nH]c3ncc(-c4cnc(NC(C)C)nc4)cc23)c1F. The molecule has 0 fully saturated rings. The van der Waals surface area contributed by atoms with Crippen LogP contribution in [0.4, 0.5) is 20.4 Å². The number of aromatic amines is 1. The molecule has 4 rings (SSSR count). The van der Waals surface area contributed by atoms with Crippen molar-refractivity contribution in [2.24, 2.45) is 0 Å². The van der Waals surface area contributed by atoms with E-state index in [1.807, 2.05) is 19.9 Å². The van der Waals surface area contributed by atoms with Crippen LogP contribution in [0.1, 0.15) is 38.3 Å².